The number of hydrogen-bond donors (Lipinski definition) is 1. The van der Waals surface area contributed by atoms with Gasteiger partial charge in [-0.2, -0.15) is 0 Å². The Kier molecular flexibility index (Phi) is 2.61. The van der Waals surface area contributed by atoms with E-state index in [1.54, 1.807) is 11.3 Å². The Hall–Kier alpha value is -0.650. The van der Waals surface area contributed by atoms with Crippen LogP contribution in [-0.4, -0.2) is 29.3 Å². The number of fused-ring (bicyclic) bond motifs is 1. The van der Waals surface area contributed by atoms with E-state index in [9.17, 15) is 0 Å². The molecule has 1 aliphatic rings. The van der Waals surface area contributed by atoms with E-state index in [1.807, 2.05) is 12.1 Å². The number of halogens is 1. The first-order valence-corrected chi connectivity index (χ1v) is 6.82. The summed E-state index contributed by atoms with van der Waals surface area (Å²) in [5, 5.41) is 10.2. The number of anilines is 1. The minimum absolute atomic E-state index is 0.222. The SMILES string of the molecule is OCC1CCN1c1nc2ccc(Br)cc2s1. The Morgan fingerprint density at radius 1 is 1.56 bits per heavy atom. The normalized spacial score (nSPS) is 20.1. The first kappa shape index (κ1) is 10.5. The molecule has 1 saturated heterocycles. The van der Waals surface area contributed by atoms with E-state index in [0.717, 1.165) is 28.1 Å². The predicted molar refractivity (Wildman–Crippen MR) is 70.2 cm³/mol. The molecule has 1 N–H and O–H groups in total. The van der Waals surface area contributed by atoms with E-state index < -0.39 is 0 Å². The summed E-state index contributed by atoms with van der Waals surface area (Å²) in [6.45, 7) is 1.23. The fraction of sp³-hybridized carbons (Fsp3) is 0.364. The second kappa shape index (κ2) is 3.98. The highest BCUT2D eigenvalue weighted by Gasteiger charge is 2.29. The molecule has 1 aliphatic heterocycles. The number of aliphatic hydroxyl groups is 1. The highest BCUT2D eigenvalue weighted by molar-refractivity contribution is 9.10. The number of benzene rings is 1. The van der Waals surface area contributed by atoms with Crippen molar-refractivity contribution in [3.8, 4) is 0 Å². The van der Waals surface area contributed by atoms with Crippen molar-refractivity contribution in [2.45, 2.75) is 12.5 Å². The van der Waals surface area contributed by atoms with Crippen molar-refractivity contribution in [1.82, 2.24) is 4.98 Å². The Morgan fingerprint density at radius 3 is 3.12 bits per heavy atom. The van der Waals surface area contributed by atoms with Gasteiger partial charge in [0.05, 0.1) is 22.9 Å². The average molecular weight is 299 g/mol. The second-order valence-corrected chi connectivity index (χ2v) is 5.85. The maximum absolute atomic E-state index is 9.16. The van der Waals surface area contributed by atoms with Crippen LogP contribution in [0.15, 0.2) is 22.7 Å². The molecule has 0 bridgehead atoms. The third-order valence-electron chi connectivity index (χ3n) is 2.94. The van der Waals surface area contributed by atoms with Gasteiger partial charge >= 0.3 is 0 Å². The number of aliphatic hydroxyl groups excluding tert-OH is 1. The van der Waals surface area contributed by atoms with Crippen LogP contribution in [0.1, 0.15) is 6.42 Å². The topological polar surface area (TPSA) is 36.4 Å². The molecule has 0 saturated carbocycles. The number of aromatic nitrogens is 1. The maximum atomic E-state index is 9.16. The molecule has 5 heteroatoms. The van der Waals surface area contributed by atoms with Crippen LogP contribution in [0, 0.1) is 0 Å². The van der Waals surface area contributed by atoms with Gasteiger partial charge in [-0.1, -0.05) is 27.3 Å². The molecule has 1 aromatic carbocycles. The molecule has 3 rings (SSSR count). The minimum Gasteiger partial charge on any atom is -0.394 e. The molecule has 0 radical (unpaired) electrons. The maximum Gasteiger partial charge on any atom is 0.186 e. The van der Waals surface area contributed by atoms with Crippen LogP contribution in [0.4, 0.5) is 5.13 Å². The van der Waals surface area contributed by atoms with Crippen molar-refractivity contribution < 1.29 is 5.11 Å². The summed E-state index contributed by atoms with van der Waals surface area (Å²) in [6, 6.07) is 6.38. The molecule has 1 fully saturated rings. The average Bonchev–Trinajstić information content (AvgIpc) is 2.58. The highest BCUT2D eigenvalue weighted by atomic mass is 79.9. The number of nitrogens with zero attached hydrogens (tertiary/aromatic N) is 2. The quantitative estimate of drug-likeness (QED) is 0.926. The van der Waals surface area contributed by atoms with Crippen LogP contribution in [0.25, 0.3) is 10.2 Å². The van der Waals surface area contributed by atoms with Gasteiger partial charge < -0.3 is 10.0 Å². The Morgan fingerprint density at radius 2 is 2.44 bits per heavy atom. The summed E-state index contributed by atoms with van der Waals surface area (Å²) < 4.78 is 2.27. The Bertz CT molecular complexity index is 526. The summed E-state index contributed by atoms with van der Waals surface area (Å²) in [5.41, 5.74) is 1.03. The highest BCUT2D eigenvalue weighted by Crippen LogP contribution is 2.34. The first-order valence-electron chi connectivity index (χ1n) is 5.21. The standard InChI is InChI=1S/C11H11BrN2OS/c12-7-1-2-9-10(5-7)16-11(13-9)14-4-3-8(14)6-15/h1-2,5,8,15H,3-4,6H2. The molecule has 0 amide bonds. The van der Waals surface area contributed by atoms with Gasteiger partial charge in [-0.05, 0) is 24.6 Å². The van der Waals surface area contributed by atoms with Gasteiger partial charge in [0, 0.05) is 11.0 Å². The van der Waals surface area contributed by atoms with Crippen LogP contribution in [0.3, 0.4) is 0 Å². The zero-order chi connectivity index (χ0) is 11.1. The van der Waals surface area contributed by atoms with Crippen LogP contribution in [0.5, 0.6) is 0 Å². The van der Waals surface area contributed by atoms with Crippen molar-refractivity contribution in [2.75, 3.05) is 18.1 Å². The monoisotopic (exact) mass is 298 g/mol. The van der Waals surface area contributed by atoms with E-state index in [1.165, 1.54) is 4.70 Å². The van der Waals surface area contributed by atoms with Gasteiger partial charge in [0.1, 0.15) is 0 Å². The van der Waals surface area contributed by atoms with Crippen molar-refractivity contribution in [3.63, 3.8) is 0 Å². The molecule has 84 valence electrons. The van der Waals surface area contributed by atoms with E-state index >= 15 is 0 Å². The smallest absolute Gasteiger partial charge is 0.186 e. The molecule has 1 unspecified atom stereocenters. The van der Waals surface area contributed by atoms with Crippen LogP contribution >= 0.6 is 27.3 Å². The summed E-state index contributed by atoms with van der Waals surface area (Å²) in [6.07, 6.45) is 1.07. The van der Waals surface area contributed by atoms with Crippen LogP contribution in [-0.2, 0) is 0 Å². The third-order valence-corrected chi connectivity index (χ3v) is 4.49. The van der Waals surface area contributed by atoms with Crippen LogP contribution in [0.2, 0.25) is 0 Å². The van der Waals surface area contributed by atoms with Gasteiger partial charge in [-0.3, -0.25) is 0 Å². The number of rotatable bonds is 2. The molecule has 2 heterocycles. The summed E-state index contributed by atoms with van der Waals surface area (Å²) in [4.78, 5) is 6.77. The predicted octanol–water partition coefficient (Wildman–Crippen LogP) is 2.63. The van der Waals surface area contributed by atoms with Gasteiger partial charge in [0.25, 0.3) is 0 Å². The van der Waals surface area contributed by atoms with Crippen molar-refractivity contribution in [1.29, 1.82) is 0 Å². The lowest BCUT2D eigenvalue weighted by Gasteiger charge is -2.39. The molecule has 0 spiro atoms. The fourth-order valence-corrected chi connectivity index (χ4v) is 3.51. The van der Waals surface area contributed by atoms with E-state index in [2.05, 4.69) is 31.9 Å². The van der Waals surface area contributed by atoms with Gasteiger partial charge in [-0.15, -0.1) is 0 Å². The molecule has 16 heavy (non-hydrogen) atoms. The van der Waals surface area contributed by atoms with Crippen LogP contribution < -0.4 is 4.90 Å². The fourth-order valence-electron chi connectivity index (χ4n) is 1.89. The molecule has 1 aromatic heterocycles. The second-order valence-electron chi connectivity index (χ2n) is 3.93. The largest absolute Gasteiger partial charge is 0.394 e. The lowest BCUT2D eigenvalue weighted by Crippen LogP contribution is -2.49. The number of hydrogen-bond acceptors (Lipinski definition) is 4. The summed E-state index contributed by atoms with van der Waals surface area (Å²) in [7, 11) is 0. The van der Waals surface area contributed by atoms with Gasteiger partial charge in [0.15, 0.2) is 5.13 Å². The zero-order valence-electron chi connectivity index (χ0n) is 8.56. The molecule has 2 aromatic rings. The Balaban J connectivity index is 1.99. The third kappa shape index (κ3) is 1.63. The van der Waals surface area contributed by atoms with Gasteiger partial charge in [-0.25, -0.2) is 4.98 Å². The lowest BCUT2D eigenvalue weighted by atomic mass is 10.1. The lowest BCUT2D eigenvalue weighted by molar-refractivity contribution is 0.226. The minimum atomic E-state index is 0.222. The van der Waals surface area contributed by atoms with E-state index in [-0.39, 0.29) is 12.6 Å². The van der Waals surface area contributed by atoms with E-state index in [4.69, 9.17) is 5.11 Å². The van der Waals surface area contributed by atoms with Crippen molar-refractivity contribution in [2.24, 2.45) is 0 Å². The molecule has 1 atom stereocenters. The Labute approximate surface area is 106 Å². The van der Waals surface area contributed by atoms with E-state index in [0.29, 0.717) is 0 Å². The van der Waals surface area contributed by atoms with Crippen molar-refractivity contribution in [3.05, 3.63) is 22.7 Å². The first-order chi connectivity index (χ1) is 7.78. The van der Waals surface area contributed by atoms with Crippen molar-refractivity contribution >= 4 is 42.6 Å². The molecular formula is C11H11BrN2OS. The molecule has 3 nitrogen and oxygen atoms in total. The summed E-state index contributed by atoms with van der Waals surface area (Å²) >= 11 is 5.15. The molecular weight excluding hydrogens is 288 g/mol. The van der Waals surface area contributed by atoms with Gasteiger partial charge in [0.2, 0.25) is 0 Å². The molecule has 0 aliphatic carbocycles. The number of thiazole rings is 1. The zero-order valence-corrected chi connectivity index (χ0v) is 11.0. The summed E-state index contributed by atoms with van der Waals surface area (Å²) in [5.74, 6) is 0.